The molecule has 0 aliphatic rings. The molecule has 0 saturated carbocycles. The fraction of sp³-hybridized carbons (Fsp3) is 0.667. The Morgan fingerprint density at radius 2 is 1.92 bits per heavy atom. The molecule has 0 aromatic rings. The molecule has 0 aromatic carbocycles. The zero-order chi connectivity index (χ0) is 10.6. The molecule has 0 rings (SSSR count). The summed E-state index contributed by atoms with van der Waals surface area (Å²) in [6, 6.07) is -1.49. The average Bonchev–Trinajstić information content (AvgIpc) is 1.96. The summed E-state index contributed by atoms with van der Waals surface area (Å²) in [6.45, 7) is 1.36. The second-order valence-electron chi connectivity index (χ2n) is 2.27. The highest BCUT2D eigenvalue weighted by Crippen LogP contribution is 2.14. The van der Waals surface area contributed by atoms with Crippen molar-refractivity contribution in [2.24, 2.45) is 0 Å². The molecule has 0 unspecified atom stereocenters. The molecular weight excluding hydrogens is 191 g/mol. The van der Waals surface area contributed by atoms with Crippen LogP contribution in [0.5, 0.6) is 0 Å². The summed E-state index contributed by atoms with van der Waals surface area (Å²) < 4.78 is 34.8. The highest BCUT2D eigenvalue weighted by atomic mass is 19.4. The summed E-state index contributed by atoms with van der Waals surface area (Å²) in [5.41, 5.74) is 0. The molecule has 0 aliphatic heterocycles. The van der Waals surface area contributed by atoms with Crippen LogP contribution in [0, 0.1) is 0 Å². The quantitative estimate of drug-likeness (QED) is 0.696. The summed E-state index contributed by atoms with van der Waals surface area (Å²) in [5.74, 6) is -3.72. The molecule has 1 amide bonds. The Morgan fingerprint density at radius 3 is 2.15 bits per heavy atom. The zero-order valence-corrected chi connectivity index (χ0v) is 6.68. The van der Waals surface area contributed by atoms with E-state index in [0.717, 1.165) is 0 Å². The molecule has 0 aliphatic carbocycles. The molecule has 0 bridgehead atoms. The number of carbonyl (C=O) groups is 2. The molecule has 4 nitrogen and oxygen atoms in total. The van der Waals surface area contributed by atoms with Crippen LogP contribution in [0.3, 0.4) is 0 Å². The molecule has 0 fully saturated rings. The van der Waals surface area contributed by atoms with Gasteiger partial charge in [0.1, 0.15) is 6.04 Å². The number of carboxylic acids is 1. The predicted molar refractivity (Wildman–Crippen MR) is 35.9 cm³/mol. The number of halogens is 3. The van der Waals surface area contributed by atoms with Crippen LogP contribution < -0.4 is 5.32 Å². The van der Waals surface area contributed by atoms with Crippen LogP contribution in [-0.2, 0) is 9.59 Å². The largest absolute Gasteiger partial charge is 0.480 e. The third-order valence-electron chi connectivity index (χ3n) is 1.27. The number of aliphatic carboxylic acids is 1. The average molecular weight is 199 g/mol. The van der Waals surface area contributed by atoms with Crippen molar-refractivity contribution in [1.29, 1.82) is 0 Å². The van der Waals surface area contributed by atoms with E-state index in [1.54, 1.807) is 0 Å². The van der Waals surface area contributed by atoms with E-state index in [1.807, 2.05) is 0 Å². The van der Waals surface area contributed by atoms with E-state index in [-0.39, 0.29) is 6.42 Å². The van der Waals surface area contributed by atoms with Gasteiger partial charge in [0.15, 0.2) is 0 Å². The fourth-order valence-electron chi connectivity index (χ4n) is 0.578. The number of rotatable bonds is 3. The molecule has 0 radical (unpaired) electrons. The van der Waals surface area contributed by atoms with Crippen LogP contribution in [0.1, 0.15) is 13.3 Å². The molecule has 76 valence electrons. The minimum Gasteiger partial charge on any atom is -0.480 e. The first-order valence-corrected chi connectivity index (χ1v) is 3.39. The van der Waals surface area contributed by atoms with Gasteiger partial charge in [0.05, 0.1) is 0 Å². The van der Waals surface area contributed by atoms with Gasteiger partial charge in [-0.25, -0.2) is 4.79 Å². The van der Waals surface area contributed by atoms with E-state index in [2.05, 4.69) is 0 Å². The van der Waals surface area contributed by atoms with Gasteiger partial charge in [0, 0.05) is 0 Å². The van der Waals surface area contributed by atoms with Gasteiger partial charge < -0.3 is 10.4 Å². The number of hydrogen-bond acceptors (Lipinski definition) is 2. The third kappa shape index (κ3) is 3.77. The van der Waals surface area contributed by atoms with E-state index in [1.165, 1.54) is 12.2 Å². The van der Waals surface area contributed by atoms with Crippen LogP contribution in [0.25, 0.3) is 0 Å². The minimum absolute atomic E-state index is 0.100. The molecule has 0 heterocycles. The van der Waals surface area contributed by atoms with Crippen LogP contribution in [0.2, 0.25) is 0 Å². The number of hydrogen-bond donors (Lipinski definition) is 2. The maximum atomic E-state index is 11.6. The lowest BCUT2D eigenvalue weighted by Gasteiger charge is -2.13. The smallest absolute Gasteiger partial charge is 0.471 e. The Bertz CT molecular complexity index is 214. The van der Waals surface area contributed by atoms with Crippen molar-refractivity contribution in [2.75, 3.05) is 0 Å². The topological polar surface area (TPSA) is 66.4 Å². The van der Waals surface area contributed by atoms with Crippen LogP contribution in [0.4, 0.5) is 13.2 Å². The van der Waals surface area contributed by atoms with Crippen LogP contribution in [-0.4, -0.2) is 29.2 Å². The summed E-state index contributed by atoms with van der Waals surface area (Å²) in [7, 11) is 0. The molecular formula is C6H8F3NO3. The Kier molecular flexibility index (Phi) is 3.70. The first kappa shape index (κ1) is 11.7. The van der Waals surface area contributed by atoms with Gasteiger partial charge in [-0.1, -0.05) is 6.92 Å². The lowest BCUT2D eigenvalue weighted by Crippen LogP contribution is -2.46. The number of carboxylic acid groups (broad SMARTS) is 1. The van der Waals surface area contributed by atoms with E-state index in [4.69, 9.17) is 5.11 Å². The van der Waals surface area contributed by atoms with E-state index in [9.17, 15) is 22.8 Å². The molecule has 1 atom stereocenters. The van der Waals surface area contributed by atoms with Crippen LogP contribution in [0.15, 0.2) is 0 Å². The lowest BCUT2D eigenvalue weighted by molar-refractivity contribution is -0.175. The molecule has 0 saturated heterocycles. The van der Waals surface area contributed by atoms with Crippen molar-refractivity contribution < 1.29 is 27.9 Å². The van der Waals surface area contributed by atoms with Crippen molar-refractivity contribution in [3.05, 3.63) is 0 Å². The molecule has 13 heavy (non-hydrogen) atoms. The predicted octanol–water partition coefficient (Wildman–Crippen LogP) is 0.528. The van der Waals surface area contributed by atoms with E-state index < -0.39 is 24.1 Å². The fourth-order valence-corrected chi connectivity index (χ4v) is 0.578. The van der Waals surface area contributed by atoms with Crippen molar-refractivity contribution in [3.8, 4) is 0 Å². The summed E-state index contributed by atoms with van der Waals surface area (Å²) in [6.07, 6.45) is -5.14. The van der Waals surface area contributed by atoms with Crippen molar-refractivity contribution in [3.63, 3.8) is 0 Å². The SMILES string of the molecule is CC[C@@H](NC(=O)C(F)(F)F)C(=O)O. The van der Waals surface area contributed by atoms with Gasteiger partial charge in [-0.2, -0.15) is 13.2 Å². The second kappa shape index (κ2) is 4.11. The van der Waals surface area contributed by atoms with Gasteiger partial charge >= 0.3 is 18.1 Å². The maximum Gasteiger partial charge on any atom is 0.471 e. The maximum absolute atomic E-state index is 11.6. The van der Waals surface area contributed by atoms with Gasteiger partial charge in [-0.15, -0.1) is 0 Å². The summed E-state index contributed by atoms with van der Waals surface area (Å²) in [4.78, 5) is 20.4. The van der Waals surface area contributed by atoms with Crippen molar-refractivity contribution in [2.45, 2.75) is 25.6 Å². The van der Waals surface area contributed by atoms with Crippen LogP contribution >= 0.6 is 0 Å². The normalized spacial score (nSPS) is 13.5. The number of carbonyl (C=O) groups excluding carboxylic acids is 1. The van der Waals surface area contributed by atoms with Gasteiger partial charge in [0.2, 0.25) is 0 Å². The zero-order valence-electron chi connectivity index (χ0n) is 6.68. The van der Waals surface area contributed by atoms with Gasteiger partial charge in [-0.05, 0) is 6.42 Å². The lowest BCUT2D eigenvalue weighted by atomic mass is 10.2. The van der Waals surface area contributed by atoms with E-state index in [0.29, 0.717) is 0 Å². The Hall–Kier alpha value is -1.27. The molecule has 0 spiro atoms. The van der Waals surface area contributed by atoms with Crippen molar-refractivity contribution >= 4 is 11.9 Å². The van der Waals surface area contributed by atoms with Gasteiger partial charge in [0.25, 0.3) is 0 Å². The Labute approximate surface area is 71.7 Å². The number of alkyl halides is 3. The summed E-state index contributed by atoms with van der Waals surface area (Å²) >= 11 is 0. The highest BCUT2D eigenvalue weighted by Gasteiger charge is 2.40. The van der Waals surface area contributed by atoms with Gasteiger partial charge in [-0.3, -0.25) is 4.79 Å². The van der Waals surface area contributed by atoms with E-state index >= 15 is 0 Å². The Morgan fingerprint density at radius 1 is 1.46 bits per heavy atom. The monoisotopic (exact) mass is 199 g/mol. The number of amides is 1. The molecule has 2 N–H and O–H groups in total. The Balaban J connectivity index is 4.26. The third-order valence-corrected chi connectivity index (χ3v) is 1.27. The second-order valence-corrected chi connectivity index (χ2v) is 2.27. The molecule has 7 heteroatoms. The standard InChI is InChI=1S/C6H8F3NO3/c1-2-3(4(11)12)10-5(13)6(7,8)9/h3H,2H2,1H3,(H,10,13)(H,11,12)/t3-/m1/s1. The highest BCUT2D eigenvalue weighted by molar-refractivity contribution is 5.86. The molecule has 0 aromatic heterocycles. The number of nitrogens with one attached hydrogen (secondary N) is 1. The minimum atomic E-state index is -5.04. The first-order chi connectivity index (χ1) is 5.79. The van der Waals surface area contributed by atoms with Crippen molar-refractivity contribution in [1.82, 2.24) is 5.32 Å². The first-order valence-electron chi connectivity index (χ1n) is 3.39. The summed E-state index contributed by atoms with van der Waals surface area (Å²) in [5, 5.41) is 9.65.